The van der Waals surface area contributed by atoms with E-state index >= 15 is 0 Å². The summed E-state index contributed by atoms with van der Waals surface area (Å²) in [5.41, 5.74) is 3.30. The quantitative estimate of drug-likeness (QED) is 0.276. The average Bonchev–Trinajstić information content (AvgIpc) is 2.83. The Hall–Kier alpha value is -2.78. The highest BCUT2D eigenvalue weighted by Gasteiger charge is 2.11. The van der Waals surface area contributed by atoms with Crippen LogP contribution >= 0.6 is 0 Å². The summed E-state index contributed by atoms with van der Waals surface area (Å²) in [6.07, 6.45) is 7.21. The molecule has 1 unspecified atom stereocenters. The first-order valence-corrected chi connectivity index (χ1v) is 11.9. The lowest BCUT2D eigenvalue weighted by atomic mass is 10.0. The summed E-state index contributed by atoms with van der Waals surface area (Å²) in [5, 5.41) is 10.5. The van der Waals surface area contributed by atoms with Crippen molar-refractivity contribution >= 4 is 0 Å². The van der Waals surface area contributed by atoms with Crippen molar-refractivity contribution in [1.82, 2.24) is 0 Å². The molecule has 0 saturated heterocycles. The third-order valence-corrected chi connectivity index (χ3v) is 5.59. The van der Waals surface area contributed by atoms with Crippen LogP contribution in [-0.4, -0.2) is 11.2 Å². The minimum Gasteiger partial charge on any atom is -0.485 e. The van der Waals surface area contributed by atoms with E-state index in [0.29, 0.717) is 19.6 Å². The monoisotopic (exact) mass is 432 g/mol. The van der Waals surface area contributed by atoms with Crippen molar-refractivity contribution < 1.29 is 14.6 Å². The maximum absolute atomic E-state index is 10.5. The third-order valence-electron chi connectivity index (χ3n) is 5.59. The summed E-state index contributed by atoms with van der Waals surface area (Å²) in [6, 6.07) is 26.3. The van der Waals surface area contributed by atoms with Crippen molar-refractivity contribution in [3.05, 3.63) is 95.6 Å². The van der Waals surface area contributed by atoms with Crippen molar-refractivity contribution in [3.63, 3.8) is 0 Å². The zero-order valence-corrected chi connectivity index (χ0v) is 19.2. The van der Waals surface area contributed by atoms with E-state index in [0.717, 1.165) is 41.0 Å². The number of benzene rings is 3. The van der Waals surface area contributed by atoms with Gasteiger partial charge < -0.3 is 14.6 Å². The molecule has 0 aliphatic rings. The number of aliphatic hydroxyl groups excluding tert-OH is 1. The predicted octanol–water partition coefficient (Wildman–Crippen LogP) is 7.11. The largest absolute Gasteiger partial charge is 0.485 e. The number of rotatable bonds is 14. The number of hydrogen-bond donors (Lipinski definition) is 1. The van der Waals surface area contributed by atoms with E-state index < -0.39 is 0 Å². The number of hydrogen-bond acceptors (Lipinski definition) is 3. The van der Waals surface area contributed by atoms with Crippen molar-refractivity contribution in [2.45, 2.75) is 71.2 Å². The molecule has 1 atom stereocenters. The van der Waals surface area contributed by atoms with Gasteiger partial charge in [-0.1, -0.05) is 106 Å². The Bertz CT molecular complexity index is 893. The second kappa shape index (κ2) is 13.6. The van der Waals surface area contributed by atoms with Gasteiger partial charge in [0, 0.05) is 0 Å². The topological polar surface area (TPSA) is 38.7 Å². The molecule has 3 nitrogen and oxygen atoms in total. The molecule has 32 heavy (non-hydrogen) atoms. The van der Waals surface area contributed by atoms with E-state index in [1.54, 1.807) is 0 Å². The Morgan fingerprint density at radius 3 is 1.88 bits per heavy atom. The first-order valence-electron chi connectivity index (χ1n) is 11.9. The van der Waals surface area contributed by atoms with E-state index in [1.807, 2.05) is 54.6 Å². The lowest BCUT2D eigenvalue weighted by Gasteiger charge is -2.16. The SMILES string of the molecule is CCCCCCCC(O)Cc1ccc(OCc2ccccc2)c(OCc2ccccc2)c1. The first-order chi connectivity index (χ1) is 15.7. The third kappa shape index (κ3) is 8.39. The maximum Gasteiger partial charge on any atom is 0.161 e. The van der Waals surface area contributed by atoms with Gasteiger partial charge in [-0.25, -0.2) is 0 Å². The van der Waals surface area contributed by atoms with E-state index in [2.05, 4.69) is 31.2 Å². The molecule has 0 heterocycles. The molecule has 0 radical (unpaired) electrons. The van der Waals surface area contributed by atoms with Gasteiger partial charge in [-0.05, 0) is 41.7 Å². The molecule has 3 heteroatoms. The number of ether oxygens (including phenoxy) is 2. The van der Waals surface area contributed by atoms with Gasteiger partial charge >= 0.3 is 0 Å². The Kier molecular flexibility index (Phi) is 10.1. The highest BCUT2D eigenvalue weighted by atomic mass is 16.5. The summed E-state index contributed by atoms with van der Waals surface area (Å²) in [5.74, 6) is 1.44. The van der Waals surface area contributed by atoms with Gasteiger partial charge in [-0.3, -0.25) is 0 Å². The summed E-state index contributed by atoms with van der Waals surface area (Å²) in [7, 11) is 0. The Morgan fingerprint density at radius 2 is 1.25 bits per heavy atom. The van der Waals surface area contributed by atoms with E-state index in [-0.39, 0.29) is 6.10 Å². The van der Waals surface area contributed by atoms with E-state index in [9.17, 15) is 5.11 Å². The van der Waals surface area contributed by atoms with E-state index in [4.69, 9.17) is 9.47 Å². The maximum atomic E-state index is 10.5. The molecule has 0 aliphatic heterocycles. The van der Waals surface area contributed by atoms with Crippen LogP contribution in [0.1, 0.15) is 62.1 Å². The molecule has 0 amide bonds. The molecule has 0 saturated carbocycles. The molecular weight excluding hydrogens is 396 g/mol. The van der Waals surface area contributed by atoms with Crippen LogP contribution in [0.5, 0.6) is 11.5 Å². The van der Waals surface area contributed by atoms with Gasteiger partial charge in [0.25, 0.3) is 0 Å². The fourth-order valence-electron chi connectivity index (χ4n) is 3.74. The summed E-state index contributed by atoms with van der Waals surface area (Å²) < 4.78 is 12.2. The molecule has 3 aromatic rings. The van der Waals surface area contributed by atoms with Crippen LogP contribution in [0.2, 0.25) is 0 Å². The Balaban J connectivity index is 1.63. The molecule has 170 valence electrons. The van der Waals surface area contributed by atoms with E-state index in [1.165, 1.54) is 25.7 Å². The zero-order valence-electron chi connectivity index (χ0n) is 19.2. The van der Waals surface area contributed by atoms with Gasteiger partial charge in [0.2, 0.25) is 0 Å². The molecule has 3 rings (SSSR count). The van der Waals surface area contributed by atoms with Crippen LogP contribution in [0.3, 0.4) is 0 Å². The number of aliphatic hydroxyl groups is 1. The fourth-order valence-corrected chi connectivity index (χ4v) is 3.74. The predicted molar refractivity (Wildman–Crippen MR) is 131 cm³/mol. The summed E-state index contributed by atoms with van der Waals surface area (Å²) in [6.45, 7) is 3.19. The average molecular weight is 433 g/mol. The van der Waals surface area contributed by atoms with Crippen LogP contribution in [0, 0.1) is 0 Å². The highest BCUT2D eigenvalue weighted by molar-refractivity contribution is 5.43. The van der Waals surface area contributed by atoms with Crippen LogP contribution in [0.4, 0.5) is 0 Å². The molecule has 0 bridgehead atoms. The van der Waals surface area contributed by atoms with Crippen LogP contribution in [0.25, 0.3) is 0 Å². The van der Waals surface area contributed by atoms with Gasteiger partial charge in [0.05, 0.1) is 6.10 Å². The smallest absolute Gasteiger partial charge is 0.161 e. The van der Waals surface area contributed by atoms with Gasteiger partial charge in [0.1, 0.15) is 13.2 Å². The fraction of sp³-hybridized carbons (Fsp3) is 0.379. The minimum atomic E-state index is -0.324. The summed E-state index contributed by atoms with van der Waals surface area (Å²) in [4.78, 5) is 0. The molecule has 1 N–H and O–H groups in total. The lowest BCUT2D eigenvalue weighted by Crippen LogP contribution is -2.10. The number of unbranched alkanes of at least 4 members (excludes halogenated alkanes) is 4. The van der Waals surface area contributed by atoms with Crippen molar-refractivity contribution in [2.75, 3.05) is 0 Å². The van der Waals surface area contributed by atoms with Gasteiger partial charge in [-0.15, -0.1) is 0 Å². The van der Waals surface area contributed by atoms with Gasteiger partial charge in [0.15, 0.2) is 11.5 Å². The minimum absolute atomic E-state index is 0.324. The molecule has 0 fully saturated rings. The van der Waals surface area contributed by atoms with Crippen molar-refractivity contribution in [3.8, 4) is 11.5 Å². The Morgan fingerprint density at radius 1 is 0.656 bits per heavy atom. The molecule has 0 aliphatic carbocycles. The van der Waals surface area contributed by atoms with Crippen molar-refractivity contribution in [1.29, 1.82) is 0 Å². The summed E-state index contributed by atoms with van der Waals surface area (Å²) >= 11 is 0. The molecule has 0 aromatic heterocycles. The highest BCUT2D eigenvalue weighted by Crippen LogP contribution is 2.31. The first kappa shape index (κ1) is 23.9. The second-order valence-corrected chi connectivity index (χ2v) is 8.39. The molecule has 3 aromatic carbocycles. The van der Waals surface area contributed by atoms with Crippen LogP contribution in [-0.2, 0) is 19.6 Å². The molecular formula is C29H36O3. The normalized spacial score (nSPS) is 11.8. The van der Waals surface area contributed by atoms with Gasteiger partial charge in [-0.2, -0.15) is 0 Å². The Labute approximate surface area is 193 Å². The van der Waals surface area contributed by atoms with Crippen molar-refractivity contribution in [2.24, 2.45) is 0 Å². The lowest BCUT2D eigenvalue weighted by molar-refractivity contribution is 0.160. The molecule has 0 spiro atoms. The second-order valence-electron chi connectivity index (χ2n) is 8.39. The standard InChI is InChI=1S/C29H36O3/c1-2-3-4-5-12-17-27(30)20-26-18-19-28(31-22-24-13-8-6-9-14-24)29(21-26)32-23-25-15-10-7-11-16-25/h6-11,13-16,18-19,21,27,30H,2-5,12,17,20,22-23H2,1H3. The zero-order chi connectivity index (χ0) is 22.4. The van der Waals surface area contributed by atoms with Crippen LogP contribution in [0.15, 0.2) is 78.9 Å². The van der Waals surface area contributed by atoms with Crippen LogP contribution < -0.4 is 9.47 Å².